The Morgan fingerprint density at radius 3 is 2.56 bits per heavy atom. The number of benzene rings is 1. The molecule has 1 aromatic rings. The topological polar surface area (TPSA) is 47.6 Å². The standard InChI is InChI=1S/C14H19NO3/c1-4-17-14(16)13(18-11(2)3)10-15-12-8-6-5-7-9-12/h5-11,15H,4H2,1-3H3/b13-10-. The van der Waals surface area contributed by atoms with Gasteiger partial charge in [-0.25, -0.2) is 4.79 Å². The molecular formula is C14H19NO3. The molecule has 0 unspecified atom stereocenters. The van der Waals surface area contributed by atoms with Crippen LogP contribution in [0, 0.1) is 0 Å². The maximum atomic E-state index is 11.6. The number of anilines is 1. The molecule has 0 saturated carbocycles. The number of rotatable bonds is 6. The molecule has 0 aliphatic rings. The third kappa shape index (κ3) is 4.91. The Balaban J connectivity index is 2.72. The van der Waals surface area contributed by atoms with E-state index in [1.807, 2.05) is 44.2 Å². The van der Waals surface area contributed by atoms with Gasteiger partial charge in [0.05, 0.1) is 18.9 Å². The second kappa shape index (κ2) is 7.37. The molecule has 0 fully saturated rings. The number of hydrogen-bond acceptors (Lipinski definition) is 4. The number of nitrogens with one attached hydrogen (secondary N) is 1. The highest BCUT2D eigenvalue weighted by atomic mass is 16.6. The zero-order chi connectivity index (χ0) is 13.4. The van der Waals surface area contributed by atoms with E-state index in [0.717, 1.165) is 5.69 Å². The van der Waals surface area contributed by atoms with E-state index in [9.17, 15) is 4.79 Å². The number of hydrogen-bond donors (Lipinski definition) is 1. The van der Waals surface area contributed by atoms with E-state index in [1.165, 1.54) is 6.20 Å². The van der Waals surface area contributed by atoms with Crippen molar-refractivity contribution < 1.29 is 14.3 Å². The summed E-state index contributed by atoms with van der Waals surface area (Å²) in [6, 6.07) is 9.53. The smallest absolute Gasteiger partial charge is 0.375 e. The van der Waals surface area contributed by atoms with Crippen molar-refractivity contribution in [3.05, 3.63) is 42.3 Å². The molecule has 0 atom stereocenters. The lowest BCUT2D eigenvalue weighted by Crippen LogP contribution is -2.15. The van der Waals surface area contributed by atoms with Crippen molar-refractivity contribution in [2.24, 2.45) is 0 Å². The molecule has 0 saturated heterocycles. The van der Waals surface area contributed by atoms with Crippen LogP contribution in [-0.4, -0.2) is 18.7 Å². The second-order valence-corrected chi connectivity index (χ2v) is 3.91. The van der Waals surface area contributed by atoms with Crippen LogP contribution in [0.25, 0.3) is 0 Å². The summed E-state index contributed by atoms with van der Waals surface area (Å²) >= 11 is 0. The van der Waals surface area contributed by atoms with Crippen molar-refractivity contribution in [3.63, 3.8) is 0 Å². The van der Waals surface area contributed by atoms with E-state index in [1.54, 1.807) is 6.92 Å². The average molecular weight is 249 g/mol. The van der Waals surface area contributed by atoms with Gasteiger partial charge in [-0.2, -0.15) is 0 Å². The average Bonchev–Trinajstić information content (AvgIpc) is 2.35. The summed E-state index contributed by atoms with van der Waals surface area (Å²) in [6.07, 6.45) is 1.44. The highest BCUT2D eigenvalue weighted by Crippen LogP contribution is 2.09. The van der Waals surface area contributed by atoms with Crippen LogP contribution in [0.2, 0.25) is 0 Å². The van der Waals surface area contributed by atoms with Crippen LogP contribution in [0.1, 0.15) is 20.8 Å². The minimum Gasteiger partial charge on any atom is -0.483 e. The molecule has 4 heteroatoms. The van der Waals surface area contributed by atoms with Crippen LogP contribution < -0.4 is 5.32 Å². The van der Waals surface area contributed by atoms with Gasteiger partial charge in [-0.05, 0) is 32.9 Å². The van der Waals surface area contributed by atoms with Crippen LogP contribution in [0.5, 0.6) is 0 Å². The molecule has 4 nitrogen and oxygen atoms in total. The Morgan fingerprint density at radius 2 is 2.00 bits per heavy atom. The number of esters is 1. The number of carbonyl (C=O) groups is 1. The largest absolute Gasteiger partial charge is 0.483 e. The minimum atomic E-state index is -0.463. The summed E-state index contributed by atoms with van der Waals surface area (Å²) in [5.74, 6) is -0.287. The first-order valence-corrected chi connectivity index (χ1v) is 5.99. The zero-order valence-electron chi connectivity index (χ0n) is 11.0. The first kappa shape index (κ1) is 14.1. The Hall–Kier alpha value is -1.97. The Kier molecular flexibility index (Phi) is 5.77. The molecular weight excluding hydrogens is 230 g/mol. The minimum absolute atomic E-state index is 0.0850. The van der Waals surface area contributed by atoms with Gasteiger partial charge < -0.3 is 14.8 Å². The maximum Gasteiger partial charge on any atom is 0.375 e. The summed E-state index contributed by atoms with van der Waals surface area (Å²) in [5.41, 5.74) is 0.881. The lowest BCUT2D eigenvalue weighted by Gasteiger charge is -2.12. The molecule has 0 bridgehead atoms. The molecule has 0 spiro atoms. The highest BCUT2D eigenvalue weighted by molar-refractivity contribution is 5.86. The van der Waals surface area contributed by atoms with Gasteiger partial charge in [0.2, 0.25) is 5.76 Å². The van der Waals surface area contributed by atoms with E-state index in [2.05, 4.69) is 5.32 Å². The lowest BCUT2D eigenvalue weighted by atomic mass is 10.3. The molecule has 18 heavy (non-hydrogen) atoms. The molecule has 0 aliphatic carbocycles. The summed E-state index contributed by atoms with van der Waals surface area (Å²) < 4.78 is 10.3. The van der Waals surface area contributed by atoms with Crippen LogP contribution in [0.4, 0.5) is 5.69 Å². The van der Waals surface area contributed by atoms with Crippen molar-refractivity contribution in [1.82, 2.24) is 0 Å². The quantitative estimate of drug-likeness (QED) is 0.478. The monoisotopic (exact) mass is 249 g/mol. The Morgan fingerprint density at radius 1 is 1.33 bits per heavy atom. The fourth-order valence-electron chi connectivity index (χ4n) is 1.28. The molecule has 0 amide bonds. The van der Waals surface area contributed by atoms with Crippen molar-refractivity contribution >= 4 is 11.7 Å². The number of carbonyl (C=O) groups excluding carboxylic acids is 1. The zero-order valence-corrected chi connectivity index (χ0v) is 11.0. The summed E-state index contributed by atoms with van der Waals surface area (Å²) in [4.78, 5) is 11.6. The molecule has 1 N–H and O–H groups in total. The van der Waals surface area contributed by atoms with Crippen LogP contribution in [-0.2, 0) is 14.3 Å². The summed E-state index contributed by atoms with van der Waals surface area (Å²) in [7, 11) is 0. The fourth-order valence-corrected chi connectivity index (χ4v) is 1.28. The molecule has 0 aromatic heterocycles. The molecule has 98 valence electrons. The van der Waals surface area contributed by atoms with Gasteiger partial charge >= 0.3 is 5.97 Å². The molecule has 0 radical (unpaired) electrons. The van der Waals surface area contributed by atoms with Crippen molar-refractivity contribution in [1.29, 1.82) is 0 Å². The van der Waals surface area contributed by atoms with E-state index in [-0.39, 0.29) is 11.9 Å². The number of para-hydroxylation sites is 1. The van der Waals surface area contributed by atoms with Gasteiger partial charge in [0.1, 0.15) is 0 Å². The predicted octanol–water partition coefficient (Wildman–Crippen LogP) is 2.93. The van der Waals surface area contributed by atoms with E-state index >= 15 is 0 Å². The van der Waals surface area contributed by atoms with Crippen LogP contribution in [0.3, 0.4) is 0 Å². The molecule has 0 aliphatic heterocycles. The first-order chi connectivity index (χ1) is 8.63. The predicted molar refractivity (Wildman–Crippen MR) is 71.0 cm³/mol. The van der Waals surface area contributed by atoms with Gasteiger partial charge in [0.25, 0.3) is 0 Å². The normalized spacial score (nSPS) is 11.2. The van der Waals surface area contributed by atoms with Crippen LogP contribution in [0.15, 0.2) is 42.3 Å². The van der Waals surface area contributed by atoms with Crippen molar-refractivity contribution in [3.8, 4) is 0 Å². The molecule has 0 heterocycles. The third-order valence-corrected chi connectivity index (χ3v) is 1.98. The van der Waals surface area contributed by atoms with Gasteiger partial charge in [-0.3, -0.25) is 0 Å². The summed E-state index contributed by atoms with van der Waals surface area (Å²) in [5, 5.41) is 3.00. The molecule has 1 aromatic carbocycles. The molecule has 1 rings (SSSR count). The lowest BCUT2D eigenvalue weighted by molar-refractivity contribution is -0.143. The maximum absolute atomic E-state index is 11.6. The second-order valence-electron chi connectivity index (χ2n) is 3.91. The summed E-state index contributed by atoms with van der Waals surface area (Å²) in [6.45, 7) is 5.80. The third-order valence-electron chi connectivity index (χ3n) is 1.98. The van der Waals surface area contributed by atoms with Gasteiger partial charge in [-0.1, -0.05) is 18.2 Å². The van der Waals surface area contributed by atoms with E-state index in [0.29, 0.717) is 6.61 Å². The Labute approximate surface area is 108 Å². The SMILES string of the molecule is CCOC(=O)/C(=C/Nc1ccccc1)OC(C)C. The van der Waals surface area contributed by atoms with E-state index in [4.69, 9.17) is 9.47 Å². The van der Waals surface area contributed by atoms with Gasteiger partial charge in [0, 0.05) is 5.69 Å². The Bertz CT molecular complexity index is 399. The van der Waals surface area contributed by atoms with E-state index < -0.39 is 5.97 Å². The van der Waals surface area contributed by atoms with Crippen molar-refractivity contribution in [2.45, 2.75) is 26.9 Å². The van der Waals surface area contributed by atoms with Gasteiger partial charge in [-0.15, -0.1) is 0 Å². The first-order valence-electron chi connectivity index (χ1n) is 5.99. The van der Waals surface area contributed by atoms with Crippen molar-refractivity contribution in [2.75, 3.05) is 11.9 Å². The van der Waals surface area contributed by atoms with Crippen LogP contribution >= 0.6 is 0 Å². The van der Waals surface area contributed by atoms with Gasteiger partial charge in [0.15, 0.2) is 0 Å². The number of ether oxygens (including phenoxy) is 2. The fraction of sp³-hybridized carbons (Fsp3) is 0.357. The highest BCUT2D eigenvalue weighted by Gasteiger charge is 2.13.